The summed E-state index contributed by atoms with van der Waals surface area (Å²) in [6.45, 7) is 2.48. The topological polar surface area (TPSA) is 90.7 Å². The van der Waals surface area contributed by atoms with E-state index in [-0.39, 0.29) is 17.7 Å². The summed E-state index contributed by atoms with van der Waals surface area (Å²) < 4.78 is 11.9. The highest BCUT2D eigenvalue weighted by molar-refractivity contribution is 5.94. The molecule has 1 aliphatic heterocycles. The highest BCUT2D eigenvalue weighted by atomic mass is 16.7. The lowest BCUT2D eigenvalue weighted by molar-refractivity contribution is -0.385. The van der Waals surface area contributed by atoms with Crippen molar-refractivity contribution in [2.24, 2.45) is 0 Å². The number of carbonyl (C=O) groups excluding carboxylic acids is 1. The van der Waals surface area contributed by atoms with Gasteiger partial charge in [0, 0.05) is 36.6 Å². The molecule has 7 nitrogen and oxygen atoms in total. The Hall–Kier alpha value is -1.99. The molecule has 0 bridgehead atoms. The number of hydrogen-bond acceptors (Lipinski definition) is 5. The van der Waals surface area contributed by atoms with E-state index >= 15 is 0 Å². The molecule has 1 N–H and O–H groups in total. The van der Waals surface area contributed by atoms with Crippen LogP contribution in [0.15, 0.2) is 18.2 Å². The monoisotopic (exact) mass is 334 g/mol. The minimum atomic E-state index is -0.454. The summed E-state index contributed by atoms with van der Waals surface area (Å²) in [5.41, 5.74) is 0.886. The fraction of sp³-hybridized carbons (Fsp3) is 0.588. The number of aryl methyl sites for hydroxylation is 1. The maximum atomic E-state index is 12.2. The second-order valence-corrected chi connectivity index (χ2v) is 6.49. The first kappa shape index (κ1) is 16.9. The molecule has 0 unspecified atom stereocenters. The number of nitrogens with zero attached hydrogens (tertiary/aromatic N) is 1. The number of amides is 1. The molecular formula is C17H22N2O5. The number of carbonyl (C=O) groups is 1. The Labute approximate surface area is 140 Å². The zero-order chi connectivity index (χ0) is 17.2. The van der Waals surface area contributed by atoms with Gasteiger partial charge in [0.2, 0.25) is 0 Å². The predicted molar refractivity (Wildman–Crippen MR) is 86.8 cm³/mol. The fourth-order valence-corrected chi connectivity index (χ4v) is 3.38. The summed E-state index contributed by atoms with van der Waals surface area (Å²) in [6.07, 6.45) is 5.13. The van der Waals surface area contributed by atoms with Gasteiger partial charge >= 0.3 is 0 Å². The van der Waals surface area contributed by atoms with Gasteiger partial charge in [0.1, 0.15) is 6.10 Å². The van der Waals surface area contributed by atoms with Crippen LogP contribution in [-0.2, 0) is 9.47 Å². The maximum Gasteiger partial charge on any atom is 0.272 e. The molecule has 1 saturated carbocycles. The molecule has 1 saturated heterocycles. The van der Waals surface area contributed by atoms with Crippen LogP contribution in [0.5, 0.6) is 0 Å². The molecule has 7 heteroatoms. The van der Waals surface area contributed by atoms with Crippen LogP contribution in [-0.4, -0.2) is 35.9 Å². The van der Waals surface area contributed by atoms with E-state index in [1.807, 2.05) is 0 Å². The van der Waals surface area contributed by atoms with Crippen molar-refractivity contribution < 1.29 is 19.2 Å². The van der Waals surface area contributed by atoms with E-state index in [1.54, 1.807) is 6.92 Å². The van der Waals surface area contributed by atoms with Gasteiger partial charge in [-0.2, -0.15) is 0 Å². The van der Waals surface area contributed by atoms with E-state index in [0.717, 1.165) is 25.7 Å². The van der Waals surface area contributed by atoms with Crippen LogP contribution in [0.1, 0.15) is 48.0 Å². The fourth-order valence-electron chi connectivity index (χ4n) is 3.38. The van der Waals surface area contributed by atoms with Crippen molar-refractivity contribution in [1.29, 1.82) is 0 Å². The Morgan fingerprint density at radius 2 is 2.12 bits per heavy atom. The molecule has 24 heavy (non-hydrogen) atoms. The summed E-state index contributed by atoms with van der Waals surface area (Å²) >= 11 is 0. The van der Waals surface area contributed by atoms with Crippen molar-refractivity contribution in [3.63, 3.8) is 0 Å². The largest absolute Gasteiger partial charge is 0.349 e. The van der Waals surface area contributed by atoms with E-state index < -0.39 is 10.7 Å². The highest BCUT2D eigenvalue weighted by Gasteiger charge is 2.42. The number of benzene rings is 1. The molecule has 1 aromatic carbocycles. The molecule has 3 rings (SSSR count). The molecule has 2 aliphatic rings. The average molecular weight is 334 g/mol. The van der Waals surface area contributed by atoms with Gasteiger partial charge < -0.3 is 14.8 Å². The Balaban J connectivity index is 1.54. The molecule has 1 heterocycles. The number of ether oxygens (including phenoxy) is 2. The third-order valence-corrected chi connectivity index (χ3v) is 4.68. The van der Waals surface area contributed by atoms with Gasteiger partial charge in [-0.25, -0.2) is 0 Å². The van der Waals surface area contributed by atoms with Gasteiger partial charge in [-0.15, -0.1) is 0 Å². The zero-order valence-corrected chi connectivity index (χ0v) is 13.7. The van der Waals surface area contributed by atoms with E-state index in [1.165, 1.54) is 24.6 Å². The number of nitro benzene ring substituents is 1. The van der Waals surface area contributed by atoms with Gasteiger partial charge in [-0.3, -0.25) is 14.9 Å². The second-order valence-electron chi connectivity index (χ2n) is 6.49. The van der Waals surface area contributed by atoms with Crippen LogP contribution in [0, 0.1) is 17.0 Å². The summed E-state index contributed by atoms with van der Waals surface area (Å²) in [5, 5.41) is 13.6. The van der Waals surface area contributed by atoms with Crippen LogP contribution in [0.2, 0.25) is 0 Å². The lowest BCUT2D eigenvalue weighted by Gasteiger charge is -2.31. The van der Waals surface area contributed by atoms with Crippen molar-refractivity contribution >= 4 is 11.6 Å². The molecule has 0 radical (unpaired) electrons. The first-order valence-corrected chi connectivity index (χ1v) is 8.34. The first-order chi connectivity index (χ1) is 11.5. The van der Waals surface area contributed by atoms with Gasteiger partial charge in [0.05, 0.1) is 11.5 Å². The van der Waals surface area contributed by atoms with Crippen molar-refractivity contribution in [3.8, 4) is 0 Å². The molecule has 1 aromatic rings. The maximum absolute atomic E-state index is 12.2. The average Bonchev–Trinajstić information content (AvgIpc) is 2.95. The summed E-state index contributed by atoms with van der Waals surface area (Å²) in [7, 11) is 0. The molecule has 2 fully saturated rings. The van der Waals surface area contributed by atoms with Crippen LogP contribution < -0.4 is 5.32 Å². The summed E-state index contributed by atoms with van der Waals surface area (Å²) in [6, 6.07) is 4.35. The molecule has 1 atom stereocenters. The normalized spacial score (nSPS) is 22.5. The Kier molecular flexibility index (Phi) is 4.82. The molecule has 1 spiro atoms. The van der Waals surface area contributed by atoms with Crippen LogP contribution in [0.25, 0.3) is 0 Å². The van der Waals surface area contributed by atoms with Crippen LogP contribution in [0.3, 0.4) is 0 Å². The van der Waals surface area contributed by atoms with Gasteiger partial charge in [-0.1, -0.05) is 6.42 Å². The smallest absolute Gasteiger partial charge is 0.272 e. The lowest BCUT2D eigenvalue weighted by Crippen LogP contribution is -2.37. The van der Waals surface area contributed by atoms with Crippen molar-refractivity contribution in [2.45, 2.75) is 50.9 Å². The summed E-state index contributed by atoms with van der Waals surface area (Å²) in [5.74, 6) is -0.710. The quantitative estimate of drug-likeness (QED) is 0.675. The molecule has 1 amide bonds. The third-order valence-electron chi connectivity index (χ3n) is 4.68. The lowest BCUT2D eigenvalue weighted by atomic mass is 9.94. The minimum absolute atomic E-state index is 0.0123. The number of nitro groups is 1. The Bertz CT molecular complexity index is 640. The SMILES string of the molecule is Cc1cc(C(=O)NC[C@@H]2COC3(CCCCC3)O2)ccc1[N+](=O)[O-]. The molecular weight excluding hydrogens is 312 g/mol. The molecule has 130 valence electrons. The Morgan fingerprint density at radius 3 is 2.79 bits per heavy atom. The zero-order valence-electron chi connectivity index (χ0n) is 13.7. The van der Waals surface area contributed by atoms with Gasteiger partial charge in [0.15, 0.2) is 5.79 Å². The van der Waals surface area contributed by atoms with Crippen LogP contribution >= 0.6 is 0 Å². The Morgan fingerprint density at radius 1 is 1.38 bits per heavy atom. The number of rotatable bonds is 4. The predicted octanol–water partition coefficient (Wildman–Crippen LogP) is 2.71. The summed E-state index contributed by atoms with van der Waals surface area (Å²) in [4.78, 5) is 22.6. The van der Waals surface area contributed by atoms with Crippen molar-refractivity contribution in [1.82, 2.24) is 5.32 Å². The highest BCUT2D eigenvalue weighted by Crippen LogP contribution is 2.37. The van der Waals surface area contributed by atoms with E-state index in [4.69, 9.17) is 9.47 Å². The van der Waals surface area contributed by atoms with E-state index in [0.29, 0.717) is 24.3 Å². The minimum Gasteiger partial charge on any atom is -0.349 e. The first-order valence-electron chi connectivity index (χ1n) is 8.34. The number of hydrogen-bond donors (Lipinski definition) is 1. The molecule has 1 aliphatic carbocycles. The second kappa shape index (κ2) is 6.86. The standard InChI is InChI=1S/C17H22N2O5/c1-12-9-13(5-6-15(12)19(21)22)16(20)18-10-14-11-23-17(24-14)7-3-2-4-8-17/h5-6,9,14H,2-4,7-8,10-11H2,1H3,(H,18,20)/t14-/m1/s1. The van der Waals surface area contributed by atoms with E-state index in [2.05, 4.69) is 5.32 Å². The van der Waals surface area contributed by atoms with Crippen LogP contribution in [0.4, 0.5) is 5.69 Å². The van der Waals surface area contributed by atoms with Crippen molar-refractivity contribution in [3.05, 3.63) is 39.4 Å². The molecule has 0 aromatic heterocycles. The van der Waals surface area contributed by atoms with Gasteiger partial charge in [-0.05, 0) is 31.9 Å². The number of nitrogens with one attached hydrogen (secondary N) is 1. The van der Waals surface area contributed by atoms with E-state index in [9.17, 15) is 14.9 Å². The van der Waals surface area contributed by atoms with Crippen molar-refractivity contribution in [2.75, 3.05) is 13.2 Å². The van der Waals surface area contributed by atoms with Gasteiger partial charge in [0.25, 0.3) is 11.6 Å². The third kappa shape index (κ3) is 3.57.